The summed E-state index contributed by atoms with van der Waals surface area (Å²) in [6.07, 6.45) is 0. The first-order valence-electron chi connectivity index (χ1n) is 11.4. The predicted molar refractivity (Wildman–Crippen MR) is 137 cm³/mol. The molecule has 2 heteroatoms. The number of rotatable bonds is 0. The molecular weight excluding hydrogens is 418 g/mol. The van der Waals surface area contributed by atoms with E-state index in [0.717, 1.165) is 0 Å². The second-order valence-electron chi connectivity index (χ2n) is 9.00. The Hall–Kier alpha value is -3.75. The van der Waals surface area contributed by atoms with Crippen molar-refractivity contribution in [2.45, 2.75) is 15.2 Å². The maximum absolute atomic E-state index is 3.70. The van der Waals surface area contributed by atoms with E-state index in [1.54, 1.807) is 0 Å². The number of benzene rings is 5. The van der Waals surface area contributed by atoms with Gasteiger partial charge in [0.1, 0.15) is 0 Å². The van der Waals surface area contributed by atoms with Crippen LogP contribution < -0.4 is 0 Å². The van der Waals surface area contributed by atoms with Crippen molar-refractivity contribution in [1.82, 2.24) is 4.98 Å². The molecule has 6 aromatic rings. The fraction of sp³-hybridized carbons (Fsp3) is 0.0323. The lowest BCUT2D eigenvalue weighted by atomic mass is 9.67. The second-order valence-corrected chi connectivity index (χ2v) is 10.1. The first-order valence-corrected chi connectivity index (χ1v) is 12.2. The summed E-state index contributed by atoms with van der Waals surface area (Å²) in [5, 5.41) is 2.58. The molecule has 1 nitrogen and oxygen atoms in total. The molecule has 2 aliphatic rings. The van der Waals surface area contributed by atoms with Crippen LogP contribution in [0.4, 0.5) is 0 Å². The molecular formula is C31H19NS. The van der Waals surface area contributed by atoms with Crippen LogP contribution in [0.3, 0.4) is 0 Å². The number of hydrogen-bond donors (Lipinski definition) is 1. The molecule has 33 heavy (non-hydrogen) atoms. The summed E-state index contributed by atoms with van der Waals surface area (Å²) >= 11 is 1.89. The topological polar surface area (TPSA) is 15.8 Å². The molecule has 5 aromatic carbocycles. The van der Waals surface area contributed by atoms with Gasteiger partial charge < -0.3 is 4.98 Å². The first kappa shape index (κ1) is 17.8. The molecule has 0 amide bonds. The molecule has 0 saturated carbocycles. The normalized spacial score (nSPS) is 14.8. The minimum atomic E-state index is -0.310. The van der Waals surface area contributed by atoms with Gasteiger partial charge >= 0.3 is 0 Å². The van der Waals surface area contributed by atoms with E-state index in [2.05, 4.69) is 114 Å². The van der Waals surface area contributed by atoms with Crippen LogP contribution in [0.25, 0.3) is 32.9 Å². The average molecular weight is 438 g/mol. The third-order valence-electron chi connectivity index (χ3n) is 7.47. The maximum Gasteiger partial charge on any atom is 0.0736 e. The number of nitrogens with one attached hydrogen (secondary N) is 1. The van der Waals surface area contributed by atoms with Gasteiger partial charge in [-0.15, -0.1) is 0 Å². The highest BCUT2D eigenvalue weighted by atomic mass is 32.2. The zero-order valence-electron chi connectivity index (χ0n) is 17.8. The van der Waals surface area contributed by atoms with E-state index in [4.69, 9.17) is 0 Å². The van der Waals surface area contributed by atoms with Crippen molar-refractivity contribution in [2.75, 3.05) is 0 Å². The summed E-state index contributed by atoms with van der Waals surface area (Å²) in [5.74, 6) is 0. The highest BCUT2D eigenvalue weighted by Crippen LogP contribution is 2.62. The van der Waals surface area contributed by atoms with Crippen LogP contribution in [0.1, 0.15) is 22.3 Å². The van der Waals surface area contributed by atoms with Gasteiger partial charge in [0.05, 0.1) is 5.41 Å². The van der Waals surface area contributed by atoms with Crippen molar-refractivity contribution in [3.05, 3.63) is 131 Å². The number of fused-ring (bicyclic) bond motifs is 12. The molecule has 0 atom stereocenters. The van der Waals surface area contributed by atoms with Crippen LogP contribution in [0.2, 0.25) is 0 Å². The van der Waals surface area contributed by atoms with Gasteiger partial charge in [0.15, 0.2) is 0 Å². The lowest BCUT2D eigenvalue weighted by Crippen LogP contribution is -2.31. The molecule has 1 aliphatic carbocycles. The summed E-state index contributed by atoms with van der Waals surface area (Å²) in [6, 6.07) is 40.4. The number of aromatic nitrogens is 1. The van der Waals surface area contributed by atoms with Gasteiger partial charge in [-0.05, 0) is 63.7 Å². The van der Waals surface area contributed by atoms with Crippen LogP contribution in [-0.4, -0.2) is 4.98 Å². The van der Waals surface area contributed by atoms with E-state index in [9.17, 15) is 0 Å². The summed E-state index contributed by atoms with van der Waals surface area (Å²) in [7, 11) is 0. The molecule has 1 spiro atoms. The SMILES string of the molecule is c1ccc2c(c1)Sc1ccccc1C21c2ccccc2-c2cc3c(cc21)[nH]c1ccccc13. The average Bonchev–Trinajstić information content (AvgIpc) is 3.37. The zero-order chi connectivity index (χ0) is 21.6. The van der Waals surface area contributed by atoms with E-state index >= 15 is 0 Å². The fourth-order valence-electron chi connectivity index (χ4n) is 6.20. The van der Waals surface area contributed by atoms with E-state index in [1.807, 2.05) is 11.8 Å². The number of aromatic amines is 1. The zero-order valence-corrected chi connectivity index (χ0v) is 18.6. The molecule has 154 valence electrons. The summed E-state index contributed by atoms with van der Waals surface area (Å²) < 4.78 is 0. The van der Waals surface area contributed by atoms with E-state index in [0.29, 0.717) is 0 Å². The van der Waals surface area contributed by atoms with Crippen molar-refractivity contribution in [3.8, 4) is 11.1 Å². The molecule has 2 heterocycles. The number of para-hydroxylation sites is 1. The van der Waals surface area contributed by atoms with Crippen molar-refractivity contribution in [3.63, 3.8) is 0 Å². The molecule has 1 aromatic heterocycles. The largest absolute Gasteiger partial charge is 0.355 e. The Bertz CT molecular complexity index is 1710. The molecule has 0 unspecified atom stereocenters. The standard InChI is InChI=1S/C31H19NS/c1-3-11-23-19(9-1)21-17-22-20-10-2-6-14-27(20)32-28(22)18-26(21)31(23)24-12-4-7-15-29(24)33-30-16-8-5-13-25(30)31/h1-18,32H. The van der Waals surface area contributed by atoms with Crippen LogP contribution in [0, 0.1) is 0 Å². The molecule has 0 saturated heterocycles. The highest BCUT2D eigenvalue weighted by Gasteiger charge is 2.50. The molecule has 8 rings (SSSR count). The molecule has 0 radical (unpaired) electrons. The molecule has 0 fully saturated rings. The van der Waals surface area contributed by atoms with Crippen LogP contribution in [-0.2, 0) is 5.41 Å². The van der Waals surface area contributed by atoms with E-state index in [1.165, 1.54) is 65.0 Å². The van der Waals surface area contributed by atoms with Crippen molar-refractivity contribution in [2.24, 2.45) is 0 Å². The Morgan fingerprint density at radius 3 is 1.91 bits per heavy atom. The lowest BCUT2D eigenvalue weighted by molar-refractivity contribution is 0.723. The van der Waals surface area contributed by atoms with Gasteiger partial charge in [0, 0.05) is 31.6 Å². The number of H-pyrrole nitrogens is 1. The number of hydrogen-bond acceptors (Lipinski definition) is 1. The summed E-state index contributed by atoms with van der Waals surface area (Å²) in [4.78, 5) is 6.39. The van der Waals surface area contributed by atoms with Gasteiger partial charge in [-0.25, -0.2) is 0 Å². The predicted octanol–water partition coefficient (Wildman–Crippen LogP) is 8.15. The lowest BCUT2D eigenvalue weighted by Gasteiger charge is -2.39. The van der Waals surface area contributed by atoms with Crippen molar-refractivity contribution < 1.29 is 0 Å². The van der Waals surface area contributed by atoms with E-state index in [-0.39, 0.29) is 5.41 Å². The highest BCUT2D eigenvalue weighted by molar-refractivity contribution is 7.99. The second kappa shape index (κ2) is 6.18. The summed E-state index contributed by atoms with van der Waals surface area (Å²) in [5.41, 5.74) is 10.3. The third kappa shape index (κ3) is 2.10. The van der Waals surface area contributed by atoms with Gasteiger partial charge in [-0.2, -0.15) is 0 Å². The summed E-state index contributed by atoms with van der Waals surface area (Å²) in [6.45, 7) is 0. The van der Waals surface area contributed by atoms with Crippen molar-refractivity contribution in [1.29, 1.82) is 0 Å². The Labute approximate surface area is 196 Å². The van der Waals surface area contributed by atoms with Gasteiger partial charge in [-0.1, -0.05) is 90.6 Å². The van der Waals surface area contributed by atoms with Gasteiger partial charge in [-0.3, -0.25) is 0 Å². The minimum Gasteiger partial charge on any atom is -0.355 e. The quantitative estimate of drug-likeness (QED) is 0.253. The smallest absolute Gasteiger partial charge is 0.0736 e. The third-order valence-corrected chi connectivity index (χ3v) is 8.62. The Morgan fingerprint density at radius 2 is 1.12 bits per heavy atom. The van der Waals surface area contributed by atoms with Gasteiger partial charge in [0.2, 0.25) is 0 Å². The fourth-order valence-corrected chi connectivity index (χ4v) is 7.39. The monoisotopic (exact) mass is 437 g/mol. The van der Waals surface area contributed by atoms with Crippen molar-refractivity contribution >= 4 is 33.6 Å². The molecule has 0 bridgehead atoms. The van der Waals surface area contributed by atoms with E-state index < -0.39 is 0 Å². The minimum absolute atomic E-state index is 0.310. The van der Waals surface area contributed by atoms with Crippen LogP contribution in [0.5, 0.6) is 0 Å². The maximum atomic E-state index is 3.70. The molecule has 1 N–H and O–H groups in total. The van der Waals surface area contributed by atoms with Crippen LogP contribution >= 0.6 is 11.8 Å². The molecule has 1 aliphatic heterocycles. The first-order chi connectivity index (χ1) is 16.4. The Kier molecular flexibility index (Phi) is 3.33. The Balaban J connectivity index is 1.60. The Morgan fingerprint density at radius 1 is 0.485 bits per heavy atom. The van der Waals surface area contributed by atoms with Crippen LogP contribution in [0.15, 0.2) is 119 Å². The van der Waals surface area contributed by atoms with Gasteiger partial charge in [0.25, 0.3) is 0 Å².